The van der Waals surface area contributed by atoms with Gasteiger partial charge in [0.1, 0.15) is 0 Å². The van der Waals surface area contributed by atoms with Crippen LogP contribution in [-0.2, 0) is 0 Å². The van der Waals surface area contributed by atoms with Crippen LogP contribution in [-0.4, -0.2) is 43.1 Å². The number of pyridine rings is 1. The highest BCUT2D eigenvalue weighted by atomic mass is 15.2. The lowest BCUT2D eigenvalue weighted by Crippen LogP contribution is -2.29. The first-order valence-corrected chi connectivity index (χ1v) is 6.11. The van der Waals surface area contributed by atoms with Crippen LogP contribution < -0.4 is 4.90 Å². The van der Waals surface area contributed by atoms with Crippen molar-refractivity contribution in [1.82, 2.24) is 9.88 Å². The zero-order valence-corrected chi connectivity index (χ0v) is 9.89. The molecule has 1 aromatic heterocycles. The van der Waals surface area contributed by atoms with Crippen molar-refractivity contribution in [2.75, 3.05) is 38.1 Å². The molecule has 0 amide bonds. The Balaban J connectivity index is 1.74. The van der Waals surface area contributed by atoms with Crippen molar-refractivity contribution < 1.29 is 0 Å². The van der Waals surface area contributed by atoms with Gasteiger partial charge in [-0.25, -0.2) is 0 Å². The van der Waals surface area contributed by atoms with E-state index in [1.165, 1.54) is 44.7 Å². The molecule has 86 valence electrons. The number of likely N-dealkylation sites (tertiary alicyclic amines) is 1. The fraction of sp³-hybridized carbons (Fsp3) is 0.615. The van der Waals surface area contributed by atoms with Crippen molar-refractivity contribution in [2.45, 2.75) is 12.8 Å². The van der Waals surface area contributed by atoms with Crippen LogP contribution in [0.1, 0.15) is 12.8 Å². The Labute approximate surface area is 97.1 Å². The van der Waals surface area contributed by atoms with Gasteiger partial charge in [-0.2, -0.15) is 0 Å². The van der Waals surface area contributed by atoms with Gasteiger partial charge in [0.05, 0.1) is 11.9 Å². The molecule has 3 rings (SSSR count). The molecular weight excluding hydrogens is 198 g/mol. The predicted molar refractivity (Wildman–Crippen MR) is 65.6 cm³/mol. The van der Waals surface area contributed by atoms with E-state index in [4.69, 9.17) is 0 Å². The minimum atomic E-state index is 0.560. The largest absolute Gasteiger partial charge is 0.370 e. The number of hydrogen-bond acceptors (Lipinski definition) is 3. The Morgan fingerprint density at radius 2 is 2.12 bits per heavy atom. The first kappa shape index (κ1) is 10.1. The average molecular weight is 217 g/mol. The molecule has 2 saturated heterocycles. The zero-order valence-electron chi connectivity index (χ0n) is 9.89. The number of rotatable bonds is 1. The maximum Gasteiger partial charge on any atom is 0.0552 e. The second kappa shape index (κ2) is 3.74. The van der Waals surface area contributed by atoms with Gasteiger partial charge in [-0.3, -0.25) is 4.98 Å². The summed E-state index contributed by atoms with van der Waals surface area (Å²) >= 11 is 0. The van der Waals surface area contributed by atoms with Crippen LogP contribution in [0.25, 0.3) is 0 Å². The lowest BCUT2D eigenvalue weighted by atomic mass is 9.86. The predicted octanol–water partition coefficient (Wildman–Crippen LogP) is 1.61. The molecule has 2 aliphatic rings. The summed E-state index contributed by atoms with van der Waals surface area (Å²) in [6.07, 6.45) is 6.53. The van der Waals surface area contributed by atoms with Crippen molar-refractivity contribution in [1.29, 1.82) is 0 Å². The summed E-state index contributed by atoms with van der Waals surface area (Å²) in [5.41, 5.74) is 1.85. The van der Waals surface area contributed by atoms with Crippen molar-refractivity contribution in [3.8, 4) is 0 Å². The fourth-order valence-electron chi connectivity index (χ4n) is 3.19. The number of anilines is 1. The van der Waals surface area contributed by atoms with Crippen LogP contribution in [0.5, 0.6) is 0 Å². The molecule has 16 heavy (non-hydrogen) atoms. The molecule has 0 bridgehead atoms. The minimum Gasteiger partial charge on any atom is -0.370 e. The summed E-state index contributed by atoms with van der Waals surface area (Å²) in [5.74, 6) is 0. The quantitative estimate of drug-likeness (QED) is 0.712. The van der Waals surface area contributed by atoms with Gasteiger partial charge < -0.3 is 9.80 Å². The van der Waals surface area contributed by atoms with Gasteiger partial charge in [0.15, 0.2) is 0 Å². The standard InChI is InChI=1S/C13H19N3/c1-15-7-4-13(10-15)5-8-16(11-13)12-3-2-6-14-9-12/h2-3,6,9H,4-5,7-8,10-11H2,1H3. The molecule has 0 N–H and O–H groups in total. The van der Waals surface area contributed by atoms with E-state index in [0.717, 1.165) is 0 Å². The van der Waals surface area contributed by atoms with Crippen molar-refractivity contribution in [2.24, 2.45) is 5.41 Å². The second-order valence-corrected chi connectivity index (χ2v) is 5.37. The molecule has 3 heterocycles. The van der Waals surface area contributed by atoms with E-state index in [1.807, 2.05) is 18.5 Å². The highest BCUT2D eigenvalue weighted by Crippen LogP contribution is 2.40. The molecule has 1 spiro atoms. The molecular formula is C13H19N3. The third-order valence-electron chi connectivity index (χ3n) is 4.08. The van der Waals surface area contributed by atoms with E-state index in [2.05, 4.69) is 27.9 Å². The number of hydrogen-bond donors (Lipinski definition) is 0. The molecule has 1 atom stereocenters. The summed E-state index contributed by atoms with van der Waals surface area (Å²) in [7, 11) is 2.24. The Kier molecular flexibility index (Phi) is 2.36. The van der Waals surface area contributed by atoms with Crippen molar-refractivity contribution >= 4 is 5.69 Å². The summed E-state index contributed by atoms with van der Waals surface area (Å²) in [4.78, 5) is 9.16. The molecule has 2 fully saturated rings. The van der Waals surface area contributed by atoms with Crippen LogP contribution in [0, 0.1) is 5.41 Å². The van der Waals surface area contributed by atoms with E-state index < -0.39 is 0 Å². The van der Waals surface area contributed by atoms with Crippen LogP contribution in [0.15, 0.2) is 24.5 Å². The number of nitrogens with zero attached hydrogens (tertiary/aromatic N) is 3. The summed E-state index contributed by atoms with van der Waals surface area (Å²) in [5, 5.41) is 0. The topological polar surface area (TPSA) is 19.4 Å². The minimum absolute atomic E-state index is 0.560. The van der Waals surface area contributed by atoms with Gasteiger partial charge >= 0.3 is 0 Å². The van der Waals surface area contributed by atoms with Gasteiger partial charge in [0.25, 0.3) is 0 Å². The molecule has 0 aromatic carbocycles. The third kappa shape index (κ3) is 1.69. The van der Waals surface area contributed by atoms with Gasteiger partial charge in [-0.1, -0.05) is 0 Å². The molecule has 0 aliphatic carbocycles. The van der Waals surface area contributed by atoms with Gasteiger partial charge in [0.2, 0.25) is 0 Å². The maximum atomic E-state index is 4.21. The van der Waals surface area contributed by atoms with Crippen molar-refractivity contribution in [3.63, 3.8) is 0 Å². The van der Waals surface area contributed by atoms with Crippen LogP contribution in [0.4, 0.5) is 5.69 Å². The molecule has 3 heteroatoms. The van der Waals surface area contributed by atoms with E-state index in [-0.39, 0.29) is 0 Å². The van der Waals surface area contributed by atoms with Crippen LogP contribution >= 0.6 is 0 Å². The average Bonchev–Trinajstić information content (AvgIpc) is 2.88. The Morgan fingerprint density at radius 1 is 1.25 bits per heavy atom. The van der Waals surface area contributed by atoms with E-state index in [9.17, 15) is 0 Å². The van der Waals surface area contributed by atoms with Gasteiger partial charge in [-0.15, -0.1) is 0 Å². The molecule has 2 aliphatic heterocycles. The van der Waals surface area contributed by atoms with Gasteiger partial charge in [0, 0.05) is 31.2 Å². The monoisotopic (exact) mass is 217 g/mol. The lowest BCUT2D eigenvalue weighted by Gasteiger charge is -2.24. The molecule has 0 saturated carbocycles. The lowest BCUT2D eigenvalue weighted by molar-refractivity contribution is 0.312. The summed E-state index contributed by atoms with van der Waals surface area (Å²) < 4.78 is 0. The van der Waals surface area contributed by atoms with E-state index >= 15 is 0 Å². The summed E-state index contributed by atoms with van der Waals surface area (Å²) in [6, 6.07) is 4.20. The third-order valence-corrected chi connectivity index (χ3v) is 4.08. The molecule has 0 radical (unpaired) electrons. The Morgan fingerprint density at radius 3 is 2.81 bits per heavy atom. The maximum absolute atomic E-state index is 4.21. The SMILES string of the molecule is CN1CCC2(CCN(c3cccnc3)C2)C1. The zero-order chi connectivity index (χ0) is 11.0. The second-order valence-electron chi connectivity index (χ2n) is 5.37. The Bertz CT molecular complexity index is 365. The van der Waals surface area contributed by atoms with Gasteiger partial charge in [-0.05, 0) is 38.6 Å². The highest BCUT2D eigenvalue weighted by molar-refractivity contribution is 5.45. The van der Waals surface area contributed by atoms with E-state index in [1.54, 1.807) is 0 Å². The smallest absolute Gasteiger partial charge is 0.0552 e. The molecule has 1 unspecified atom stereocenters. The first-order valence-electron chi connectivity index (χ1n) is 6.11. The van der Waals surface area contributed by atoms with Crippen molar-refractivity contribution in [3.05, 3.63) is 24.5 Å². The Hall–Kier alpha value is -1.09. The normalized spacial score (nSPS) is 30.4. The van der Waals surface area contributed by atoms with Crippen LogP contribution in [0.2, 0.25) is 0 Å². The first-order chi connectivity index (χ1) is 7.77. The molecule has 1 aromatic rings. The van der Waals surface area contributed by atoms with Crippen LogP contribution in [0.3, 0.4) is 0 Å². The fourth-order valence-corrected chi connectivity index (χ4v) is 3.19. The highest BCUT2D eigenvalue weighted by Gasteiger charge is 2.42. The van der Waals surface area contributed by atoms with E-state index in [0.29, 0.717) is 5.41 Å². The molecule has 3 nitrogen and oxygen atoms in total. The summed E-state index contributed by atoms with van der Waals surface area (Å²) in [6.45, 7) is 4.94. The number of aromatic nitrogens is 1.